The molecule has 0 saturated carbocycles. The molecule has 0 amide bonds. The molecule has 0 aliphatic rings. The Bertz CT molecular complexity index is 3180. The molecule has 0 unspecified atom stereocenters. The van der Waals surface area contributed by atoms with Crippen molar-refractivity contribution in [3.05, 3.63) is 195 Å². The van der Waals surface area contributed by atoms with Crippen LogP contribution in [-0.4, -0.2) is 24.9 Å². The summed E-state index contributed by atoms with van der Waals surface area (Å²) in [6.07, 6.45) is 5.73. The van der Waals surface area contributed by atoms with Gasteiger partial charge in [-0.3, -0.25) is 4.98 Å². The molecule has 3 aromatic heterocycles. The molecule has 0 saturated heterocycles. The van der Waals surface area contributed by atoms with E-state index in [1.807, 2.05) is 73.2 Å². The molecule has 0 spiro atoms. The molecule has 3 heterocycles. The number of aromatic nitrogens is 5. The first-order chi connectivity index (χ1) is 28.2. The van der Waals surface area contributed by atoms with E-state index < -0.39 is 0 Å². The van der Waals surface area contributed by atoms with Crippen molar-refractivity contribution in [3.8, 4) is 34.0 Å². The van der Waals surface area contributed by atoms with E-state index in [9.17, 15) is 0 Å². The van der Waals surface area contributed by atoms with Crippen LogP contribution in [0.1, 0.15) is 0 Å². The Hall–Kier alpha value is -7.83. The minimum atomic E-state index is 0.698. The van der Waals surface area contributed by atoms with Gasteiger partial charge >= 0.3 is 0 Å². The van der Waals surface area contributed by atoms with E-state index in [0.717, 1.165) is 72.0 Å². The first-order valence-corrected chi connectivity index (χ1v) is 19.0. The smallest absolute Gasteiger partial charge is 0.159 e. The van der Waals surface area contributed by atoms with Gasteiger partial charge in [0.25, 0.3) is 0 Å². The van der Waals surface area contributed by atoms with Gasteiger partial charge in [0.2, 0.25) is 0 Å². The SMILES string of the molecule is c1ccc2cc(-c3ccc4c(ccc5cc(N(c6ccc(-c7ncc8ccccc8n7)cc6)c6ccc(-c7ncc8ccccc8n7)cc6)ccc54)c3)ncc2c1. The third kappa shape index (κ3) is 5.97. The summed E-state index contributed by atoms with van der Waals surface area (Å²) in [4.78, 5) is 26.1. The van der Waals surface area contributed by atoms with Crippen molar-refractivity contribution < 1.29 is 0 Å². The Morgan fingerprint density at radius 2 is 0.789 bits per heavy atom. The van der Waals surface area contributed by atoms with Crippen LogP contribution in [-0.2, 0) is 0 Å². The predicted molar refractivity (Wildman–Crippen MR) is 234 cm³/mol. The van der Waals surface area contributed by atoms with Crippen molar-refractivity contribution in [3.63, 3.8) is 0 Å². The monoisotopic (exact) mass is 728 g/mol. The normalized spacial score (nSPS) is 11.5. The Morgan fingerprint density at radius 1 is 0.316 bits per heavy atom. The maximum Gasteiger partial charge on any atom is 0.159 e. The van der Waals surface area contributed by atoms with Crippen LogP contribution in [0.5, 0.6) is 0 Å². The minimum Gasteiger partial charge on any atom is -0.310 e. The van der Waals surface area contributed by atoms with Crippen LogP contribution in [0, 0.1) is 0 Å². The minimum absolute atomic E-state index is 0.698. The van der Waals surface area contributed by atoms with Gasteiger partial charge in [0, 0.05) is 68.5 Å². The molecular formula is C51H32N6. The van der Waals surface area contributed by atoms with Gasteiger partial charge in [0.15, 0.2) is 11.6 Å². The number of hydrogen-bond acceptors (Lipinski definition) is 6. The van der Waals surface area contributed by atoms with E-state index in [0.29, 0.717) is 11.6 Å². The van der Waals surface area contributed by atoms with Gasteiger partial charge in [-0.05, 0) is 112 Å². The quantitative estimate of drug-likeness (QED) is 0.159. The molecule has 0 radical (unpaired) electrons. The van der Waals surface area contributed by atoms with Crippen molar-refractivity contribution in [1.82, 2.24) is 24.9 Å². The molecule has 0 aliphatic heterocycles. The molecule has 266 valence electrons. The molecule has 6 nitrogen and oxygen atoms in total. The van der Waals surface area contributed by atoms with Crippen molar-refractivity contribution in [2.24, 2.45) is 0 Å². The van der Waals surface area contributed by atoms with Gasteiger partial charge in [-0.1, -0.05) is 91.0 Å². The highest BCUT2D eigenvalue weighted by Crippen LogP contribution is 2.39. The third-order valence-corrected chi connectivity index (χ3v) is 10.7. The molecule has 0 bridgehead atoms. The van der Waals surface area contributed by atoms with E-state index in [2.05, 4.69) is 136 Å². The summed E-state index contributed by atoms with van der Waals surface area (Å²) in [5, 5.41) is 9.10. The summed E-state index contributed by atoms with van der Waals surface area (Å²) < 4.78 is 0. The number of nitrogens with zero attached hydrogens (tertiary/aromatic N) is 6. The molecule has 0 fully saturated rings. The summed E-state index contributed by atoms with van der Waals surface area (Å²) in [5.74, 6) is 1.40. The Balaban J connectivity index is 0.981. The van der Waals surface area contributed by atoms with Crippen LogP contribution in [0.2, 0.25) is 0 Å². The predicted octanol–water partition coefficient (Wildman–Crippen LogP) is 12.9. The first-order valence-electron chi connectivity index (χ1n) is 19.0. The molecule has 57 heavy (non-hydrogen) atoms. The van der Waals surface area contributed by atoms with E-state index in [1.54, 1.807) is 0 Å². The van der Waals surface area contributed by atoms with Gasteiger partial charge in [-0.25, -0.2) is 19.9 Å². The zero-order chi connectivity index (χ0) is 37.7. The molecule has 0 atom stereocenters. The summed E-state index contributed by atoms with van der Waals surface area (Å²) >= 11 is 0. The van der Waals surface area contributed by atoms with Crippen LogP contribution in [0.3, 0.4) is 0 Å². The van der Waals surface area contributed by atoms with E-state index >= 15 is 0 Å². The van der Waals surface area contributed by atoms with Crippen LogP contribution in [0.15, 0.2) is 195 Å². The fourth-order valence-corrected chi connectivity index (χ4v) is 7.79. The molecule has 0 N–H and O–H groups in total. The zero-order valence-corrected chi connectivity index (χ0v) is 30.7. The van der Waals surface area contributed by atoms with Crippen molar-refractivity contribution in [2.75, 3.05) is 4.90 Å². The summed E-state index contributed by atoms with van der Waals surface area (Å²) in [6.45, 7) is 0. The van der Waals surface area contributed by atoms with E-state index in [4.69, 9.17) is 15.0 Å². The lowest BCUT2D eigenvalue weighted by Gasteiger charge is -2.26. The van der Waals surface area contributed by atoms with Gasteiger partial charge in [0.05, 0.1) is 16.7 Å². The highest BCUT2D eigenvalue weighted by molar-refractivity contribution is 6.09. The lowest BCUT2D eigenvalue weighted by molar-refractivity contribution is 1.22. The molecule has 0 aliphatic carbocycles. The Kier molecular flexibility index (Phi) is 7.71. The molecule has 8 aromatic carbocycles. The molecule has 6 heteroatoms. The molecule has 11 rings (SSSR count). The average molecular weight is 729 g/mol. The first kappa shape index (κ1) is 32.6. The van der Waals surface area contributed by atoms with Gasteiger partial charge in [-0.15, -0.1) is 0 Å². The number of pyridine rings is 1. The summed E-state index contributed by atoms with van der Waals surface area (Å²) in [7, 11) is 0. The Morgan fingerprint density at radius 3 is 1.40 bits per heavy atom. The second-order valence-corrected chi connectivity index (χ2v) is 14.3. The standard InChI is InChI=1S/C51H32N6/c1-2-8-39-30-52-49(29-35(39)7-1)38-19-25-45-36(27-38)13-14-37-28-44(24-26-46(37)45)57(42-20-15-33(16-21-42)50-53-31-40-9-3-5-11-47(40)55-50)43-22-17-34(18-23-43)51-54-32-41-10-4-6-12-48(41)56-51/h1-32H. The van der Waals surface area contributed by atoms with Crippen LogP contribution >= 0.6 is 0 Å². The fourth-order valence-electron chi connectivity index (χ4n) is 7.79. The van der Waals surface area contributed by atoms with Gasteiger partial charge in [0.1, 0.15) is 0 Å². The fraction of sp³-hybridized carbons (Fsp3) is 0. The summed E-state index contributed by atoms with van der Waals surface area (Å²) in [5.41, 5.74) is 8.91. The number of fused-ring (bicyclic) bond motifs is 6. The lowest BCUT2D eigenvalue weighted by Crippen LogP contribution is -2.10. The maximum atomic E-state index is 4.85. The second-order valence-electron chi connectivity index (χ2n) is 14.3. The molecular weight excluding hydrogens is 697 g/mol. The number of benzene rings is 8. The van der Waals surface area contributed by atoms with E-state index in [1.165, 1.54) is 21.5 Å². The molecule has 11 aromatic rings. The van der Waals surface area contributed by atoms with Crippen LogP contribution in [0.4, 0.5) is 17.1 Å². The zero-order valence-electron chi connectivity index (χ0n) is 30.7. The van der Waals surface area contributed by atoms with Gasteiger partial charge in [-0.2, -0.15) is 0 Å². The van der Waals surface area contributed by atoms with Crippen molar-refractivity contribution >= 4 is 71.2 Å². The number of anilines is 3. The number of rotatable bonds is 6. The van der Waals surface area contributed by atoms with Crippen LogP contribution in [0.25, 0.3) is 88.2 Å². The summed E-state index contributed by atoms with van der Waals surface area (Å²) in [6, 6.07) is 61.4. The topological polar surface area (TPSA) is 67.7 Å². The van der Waals surface area contributed by atoms with Crippen molar-refractivity contribution in [2.45, 2.75) is 0 Å². The highest BCUT2D eigenvalue weighted by Gasteiger charge is 2.16. The van der Waals surface area contributed by atoms with E-state index in [-0.39, 0.29) is 0 Å². The van der Waals surface area contributed by atoms with Crippen LogP contribution < -0.4 is 4.90 Å². The second kappa shape index (κ2) is 13.5. The lowest BCUT2D eigenvalue weighted by atomic mass is 9.98. The largest absolute Gasteiger partial charge is 0.310 e. The highest BCUT2D eigenvalue weighted by atomic mass is 15.1. The third-order valence-electron chi connectivity index (χ3n) is 10.7. The van der Waals surface area contributed by atoms with Crippen molar-refractivity contribution in [1.29, 1.82) is 0 Å². The average Bonchev–Trinajstić information content (AvgIpc) is 3.29. The number of para-hydroxylation sites is 2. The van der Waals surface area contributed by atoms with Gasteiger partial charge < -0.3 is 4.90 Å². The Labute approximate surface area is 328 Å². The maximum absolute atomic E-state index is 4.85. The number of hydrogen-bond donors (Lipinski definition) is 0.